The molecule has 3 saturated heterocycles. The lowest BCUT2D eigenvalue weighted by Gasteiger charge is -2.32. The van der Waals surface area contributed by atoms with Crippen LogP contribution in [0.2, 0.25) is 20.1 Å². The van der Waals surface area contributed by atoms with E-state index in [2.05, 4.69) is 69.7 Å². The summed E-state index contributed by atoms with van der Waals surface area (Å²) in [4.78, 5) is 49.5. The van der Waals surface area contributed by atoms with E-state index in [0.717, 1.165) is 51.0 Å². The molecule has 3 aliphatic heterocycles. The molecule has 4 aromatic carbocycles. The minimum absolute atomic E-state index is 0. The number of pyridine rings is 4. The maximum Gasteiger partial charge on any atom is 0.496 e. The van der Waals surface area contributed by atoms with Gasteiger partial charge in [0.25, 0.3) is 22.2 Å². The summed E-state index contributed by atoms with van der Waals surface area (Å²) in [6.45, 7) is 28.6. The Labute approximate surface area is 722 Å². The van der Waals surface area contributed by atoms with E-state index >= 15 is 0 Å². The molecule has 616 valence electrons. The van der Waals surface area contributed by atoms with Gasteiger partial charge in [0.1, 0.15) is 22.9 Å². The van der Waals surface area contributed by atoms with Crippen LogP contribution in [0.3, 0.4) is 0 Å². The van der Waals surface area contributed by atoms with Gasteiger partial charge in [-0.25, -0.2) is 0 Å². The summed E-state index contributed by atoms with van der Waals surface area (Å²) in [5, 5.41) is 28.2. The Balaban J connectivity index is 0.000000288. The van der Waals surface area contributed by atoms with Crippen LogP contribution in [0.15, 0.2) is 183 Å². The van der Waals surface area contributed by atoms with Gasteiger partial charge in [0.15, 0.2) is 0 Å². The van der Waals surface area contributed by atoms with E-state index in [1.54, 1.807) is 102 Å². The number of aliphatic hydroxyl groups excluding tert-OH is 2. The number of aliphatic hydroxyl groups is 2. The smallest absolute Gasteiger partial charge is 0.405 e. The summed E-state index contributed by atoms with van der Waals surface area (Å²) in [6.07, 6.45) is 6.69. The zero-order valence-electron chi connectivity index (χ0n) is 63.7. The number of aromatic nitrogens is 6. The number of nitrogens with one attached hydrogen (secondary N) is 1. The van der Waals surface area contributed by atoms with Gasteiger partial charge in [-0.05, 0) is 246 Å². The van der Waals surface area contributed by atoms with E-state index in [0.29, 0.717) is 68.9 Å². The zero-order chi connectivity index (χ0) is 82.5. The predicted molar refractivity (Wildman–Crippen MR) is 479 cm³/mol. The van der Waals surface area contributed by atoms with E-state index in [1.807, 2.05) is 151 Å². The molecule has 0 spiro atoms. The molecule has 0 radical (unpaired) electrons. The molecule has 114 heavy (non-hydrogen) atoms. The van der Waals surface area contributed by atoms with Gasteiger partial charge in [-0.2, -0.15) is 0 Å². The number of benzene rings is 4. The lowest BCUT2D eigenvalue weighted by Crippen LogP contribution is -2.41. The second-order valence-corrected chi connectivity index (χ2v) is 33.7. The van der Waals surface area contributed by atoms with E-state index in [9.17, 15) is 24.3 Å². The van der Waals surface area contributed by atoms with Crippen molar-refractivity contribution in [2.24, 2.45) is 0 Å². The van der Waals surface area contributed by atoms with Gasteiger partial charge >= 0.3 is 21.1 Å². The quantitative estimate of drug-likeness (QED) is 0.0339. The van der Waals surface area contributed by atoms with Crippen molar-refractivity contribution in [2.45, 2.75) is 192 Å². The molecule has 0 bridgehead atoms. The Morgan fingerprint density at radius 1 is 0.465 bits per heavy atom. The molecule has 0 saturated carbocycles. The molecule has 3 fully saturated rings. The maximum atomic E-state index is 12.4. The third-order valence-electron chi connectivity index (χ3n) is 18.8. The van der Waals surface area contributed by atoms with Crippen molar-refractivity contribution in [1.29, 1.82) is 0 Å². The topological polar surface area (TPSA) is 351 Å². The van der Waals surface area contributed by atoms with Crippen LogP contribution in [0.1, 0.15) is 151 Å². The fourth-order valence-electron chi connectivity index (χ4n) is 10.4. The number of halogens is 8. The fourth-order valence-corrected chi connectivity index (χ4v) is 12.3. The van der Waals surface area contributed by atoms with Gasteiger partial charge in [-0.15, -0.1) is 11.6 Å². The minimum Gasteiger partial charge on any atom is -0.405 e. The number of nitrogens with two attached hydrogens (primary N) is 4. The number of nitrogen functional groups attached to an aromatic ring is 4. The van der Waals surface area contributed by atoms with E-state index in [1.165, 1.54) is 4.57 Å². The molecule has 3 aliphatic rings. The van der Waals surface area contributed by atoms with Crippen LogP contribution in [-0.2, 0) is 66.7 Å². The molecule has 0 atom stereocenters. The van der Waals surface area contributed by atoms with Gasteiger partial charge in [0, 0.05) is 70.7 Å². The average Bonchev–Trinajstić information content (AvgIpc) is 1.60. The predicted octanol–water partition coefficient (Wildman–Crippen LogP) is 16.9. The van der Waals surface area contributed by atoms with Gasteiger partial charge in [0.05, 0.1) is 98.3 Å². The van der Waals surface area contributed by atoms with Crippen LogP contribution in [-0.4, -0.2) is 94.0 Å². The number of anilines is 4. The summed E-state index contributed by atoms with van der Waals surface area (Å²) in [7, 11) is -1.52. The first-order valence-corrected chi connectivity index (χ1v) is 39.2. The van der Waals surface area contributed by atoms with Crippen molar-refractivity contribution in [3.63, 3.8) is 0 Å². The van der Waals surface area contributed by atoms with Crippen LogP contribution in [0.25, 0.3) is 11.1 Å². The van der Waals surface area contributed by atoms with Crippen LogP contribution < -0.4 is 50.6 Å². The molecule has 6 aromatic heterocycles. The molecule has 24 nitrogen and oxygen atoms in total. The minimum atomic E-state index is -0.565. The number of aryl methyl sites for hydroxylation is 2. The molecule has 0 aliphatic carbocycles. The van der Waals surface area contributed by atoms with Crippen LogP contribution in [0, 0.1) is 17.4 Å². The Morgan fingerprint density at radius 2 is 0.798 bits per heavy atom. The van der Waals surface area contributed by atoms with E-state index in [-0.39, 0.29) is 103 Å². The van der Waals surface area contributed by atoms with Crippen molar-refractivity contribution in [1.82, 2.24) is 29.0 Å². The van der Waals surface area contributed by atoms with Crippen molar-refractivity contribution >= 4 is 162 Å². The van der Waals surface area contributed by atoms with Crippen molar-refractivity contribution in [2.75, 3.05) is 22.9 Å². The van der Waals surface area contributed by atoms with Crippen LogP contribution >= 0.6 is 112 Å². The van der Waals surface area contributed by atoms with Crippen molar-refractivity contribution in [3.8, 4) is 11.1 Å². The SMILES string of the molecule is C.C.C.CC1(C)OB(B2OC(C)(C)C(C)(C)O2)OC1(C)C.CC1(C)OB(c2cc(N)c(=O)n(Cc3ccc(Cl)cc3)c2)OC1(C)C.Cc1onc(CO)c1-c1cc(N)c(=O)n(Cc2ccc(Cl)cc2)c1.Cc1onc(CO)c1I.ClCc1ccc(Cl)cc1.Nc1cc(Br)c[nH]c1=O.Nc1cc(Br)cn(Cc2ccc(Cl)cc2)c1=O. The second kappa shape index (κ2) is 42.6. The first kappa shape index (κ1) is 99.7. The highest BCUT2D eigenvalue weighted by Crippen LogP contribution is 2.43. The summed E-state index contributed by atoms with van der Waals surface area (Å²) in [6, 6.07) is 35.8. The highest BCUT2D eigenvalue weighted by atomic mass is 127. The number of nitrogens with zero attached hydrogens (tertiary/aromatic N) is 5. The van der Waals surface area contributed by atoms with Crippen LogP contribution in [0.5, 0.6) is 0 Å². The molecule has 13 rings (SSSR count). The molecular weight excluding hydrogens is 1810 g/mol. The summed E-state index contributed by atoms with van der Waals surface area (Å²) < 4.78 is 53.0. The standard InChI is InChI=1S/C18H22BClN2O3.C17H16ClN3O3.C12H24B2O4.C12H10BrClN2O.C7H6Cl2.C5H5BrN2O.C5H6INO2.3CH4/c1-17(2)18(3,4)25-19(24-17)13-9-15(21)16(23)22(11-13)10-12-5-7-14(20)8-6-12;1-10-16(15(9-22)20-24-10)12-6-14(19)17(23)21(8-12)7-11-2-4-13(18)5-3-11;1-9(2)10(3,4)16-13(15-9)14-17-11(5,6)12(7,8)18-14;13-9-5-11(15)12(17)16(7-9)6-8-1-3-10(14)4-2-8;8-5-6-1-3-7(9)4-2-6;6-3-1-4(7)5(9)8-2-3;1-3-5(6)4(2-8)7-9-3;;;/h5-9,11H,10,21H2,1-4H3;2-6,8,22H,7,9,19H2,1H3;1-8H3;1-5,7H,6,15H2;1-4H,5H2;1-2H,7H2,(H,8,9);8H,2H2,1H3;3*1H4. The zero-order valence-corrected chi connectivity index (χ0v) is 72.8. The van der Waals surface area contributed by atoms with E-state index < -0.39 is 32.3 Å². The van der Waals surface area contributed by atoms with Gasteiger partial charge < -0.3 is 88.8 Å². The van der Waals surface area contributed by atoms with Gasteiger partial charge in [0.2, 0.25) is 0 Å². The maximum absolute atomic E-state index is 12.4. The summed E-state index contributed by atoms with van der Waals surface area (Å²) in [5.41, 5.74) is 27.1. The molecule has 10 aromatic rings. The molecule has 35 heteroatoms. The monoisotopic (exact) mass is 1910 g/mol. The lowest BCUT2D eigenvalue weighted by molar-refractivity contribution is 0.00578. The Kier molecular flexibility index (Phi) is 37.3. The van der Waals surface area contributed by atoms with Gasteiger partial charge in [-0.1, -0.05) is 128 Å². The number of hydrogen-bond acceptors (Lipinski definition) is 20. The number of aromatic amines is 1. The van der Waals surface area contributed by atoms with E-state index in [4.69, 9.17) is 123 Å². The first-order chi connectivity index (χ1) is 51.8. The third kappa shape index (κ3) is 26.7. The Morgan fingerprint density at radius 3 is 1.15 bits per heavy atom. The lowest BCUT2D eigenvalue weighted by atomic mass is 9.49. The Hall–Kier alpha value is -6.69. The van der Waals surface area contributed by atoms with Gasteiger partial charge in [-0.3, -0.25) is 19.2 Å². The number of H-pyrrole nitrogens is 1. The highest BCUT2D eigenvalue weighted by molar-refractivity contribution is 14.1. The molecule has 0 unspecified atom stereocenters. The summed E-state index contributed by atoms with van der Waals surface area (Å²) >= 11 is 37.3. The molecular formula is C79H101B3Br2Cl5IN10O14. The van der Waals surface area contributed by atoms with Crippen molar-refractivity contribution in [3.05, 3.63) is 265 Å². The molecule has 11 N–H and O–H groups in total. The normalized spacial score (nSPS) is 15.3. The summed E-state index contributed by atoms with van der Waals surface area (Å²) in [5.74, 6) is 1.87. The molecule has 9 heterocycles. The van der Waals surface area contributed by atoms with Crippen LogP contribution in [0.4, 0.5) is 22.7 Å². The molecule has 0 amide bonds. The van der Waals surface area contributed by atoms with Crippen molar-refractivity contribution < 1.29 is 47.2 Å². The highest BCUT2D eigenvalue weighted by Gasteiger charge is 2.64. The Bertz CT molecular complexity index is 4970. The second-order valence-electron chi connectivity index (χ2n) is 28.8. The largest absolute Gasteiger partial charge is 0.496 e. The number of hydrogen-bond donors (Lipinski definition) is 7. The third-order valence-corrected chi connectivity index (χ3v) is 22.3. The average molecular weight is 1910 g/mol. The number of rotatable bonds is 12. The fraction of sp³-hybridized carbons (Fsp3) is 0.367. The first-order valence-electron chi connectivity index (χ1n) is 34.5. The number of alkyl halides is 1.